The van der Waals surface area contributed by atoms with Gasteiger partial charge in [0.15, 0.2) is 11.6 Å². The van der Waals surface area contributed by atoms with Gasteiger partial charge in [-0.25, -0.2) is 4.79 Å². The predicted molar refractivity (Wildman–Crippen MR) is 140 cm³/mol. The van der Waals surface area contributed by atoms with Crippen molar-refractivity contribution in [1.29, 1.82) is 0 Å². The van der Waals surface area contributed by atoms with Gasteiger partial charge in [0, 0.05) is 17.2 Å². The molecule has 0 aromatic heterocycles. The van der Waals surface area contributed by atoms with Crippen LogP contribution in [0.2, 0.25) is 0 Å². The molecule has 1 saturated heterocycles. The van der Waals surface area contributed by atoms with Gasteiger partial charge in [-0.2, -0.15) is 4.90 Å². The van der Waals surface area contributed by atoms with Crippen molar-refractivity contribution in [2.75, 3.05) is 7.11 Å². The van der Waals surface area contributed by atoms with E-state index in [1.807, 2.05) is 31.2 Å². The second kappa shape index (κ2) is 8.46. The third kappa shape index (κ3) is 3.14. The maximum Gasteiger partial charge on any atom is 0.423 e. The molecule has 6 atom stereocenters. The lowest BCUT2D eigenvalue weighted by molar-refractivity contribution is -0.142. The van der Waals surface area contributed by atoms with Crippen molar-refractivity contribution >= 4 is 40.2 Å². The van der Waals surface area contributed by atoms with E-state index in [1.165, 1.54) is 0 Å². The third-order valence-electron chi connectivity index (χ3n) is 9.77. The van der Waals surface area contributed by atoms with E-state index in [2.05, 4.69) is 0 Å². The van der Waals surface area contributed by atoms with Crippen molar-refractivity contribution in [3.8, 4) is 5.75 Å². The van der Waals surface area contributed by atoms with Crippen molar-refractivity contribution < 1.29 is 33.8 Å². The first-order valence-corrected chi connectivity index (χ1v) is 13.2. The van der Waals surface area contributed by atoms with Gasteiger partial charge < -0.3 is 9.84 Å². The van der Waals surface area contributed by atoms with E-state index in [1.54, 1.807) is 32.0 Å². The number of amides is 3. The summed E-state index contributed by atoms with van der Waals surface area (Å²) in [5, 5.41) is 12.0. The summed E-state index contributed by atoms with van der Waals surface area (Å²) in [6.07, 6.45) is 1.38. The number of rotatable bonds is 1. The number of phenols is 1. The number of ether oxygens (including phenoxy) is 1. The van der Waals surface area contributed by atoms with Gasteiger partial charge in [-0.15, -0.1) is 0 Å². The summed E-state index contributed by atoms with van der Waals surface area (Å²) in [6, 6.07) is 10.7. The number of ketones is 2. The summed E-state index contributed by atoms with van der Waals surface area (Å²) in [4.78, 5) is 67.7. The third-order valence-corrected chi connectivity index (χ3v) is 9.77. The largest absolute Gasteiger partial charge is 0.507 e. The minimum Gasteiger partial charge on any atom is -0.507 e. The molecule has 1 heterocycles. The zero-order valence-electron chi connectivity index (χ0n) is 22.2. The van der Waals surface area contributed by atoms with Crippen LogP contribution in [0.25, 0.3) is 10.8 Å². The Kier molecular flexibility index (Phi) is 5.47. The molecule has 2 aromatic carbocycles. The van der Waals surface area contributed by atoms with E-state index in [0.717, 1.165) is 23.6 Å². The SMILES string of the molecule is COC(=O)N1C(=O)[C@H]2[C@H](CC=C3[C@H]2C[C@H]2C(=O)C(C)=C(C)C(=O)[C@@]2(C)[C@H]3c2ccc(O)c3ccccc23)C1=O. The number of phenolic OH excluding ortho intramolecular Hbond substituents is 1. The topological polar surface area (TPSA) is 118 Å². The van der Waals surface area contributed by atoms with Gasteiger partial charge in [-0.3, -0.25) is 19.2 Å². The van der Waals surface area contributed by atoms with Crippen molar-refractivity contribution in [2.24, 2.45) is 29.1 Å². The minimum absolute atomic E-state index is 0.101. The van der Waals surface area contributed by atoms with Crippen LogP contribution in [0, 0.1) is 29.1 Å². The molecule has 2 aromatic rings. The van der Waals surface area contributed by atoms with Crippen LogP contribution in [0.5, 0.6) is 5.75 Å². The van der Waals surface area contributed by atoms with Crippen molar-refractivity contribution in [2.45, 2.75) is 39.5 Å². The van der Waals surface area contributed by atoms with Crippen molar-refractivity contribution in [3.63, 3.8) is 0 Å². The summed E-state index contributed by atoms with van der Waals surface area (Å²) < 4.78 is 4.73. The number of nitrogens with zero attached hydrogens (tertiary/aromatic N) is 1. The Hall–Kier alpha value is -4.07. The second-order valence-corrected chi connectivity index (χ2v) is 11.3. The Labute approximate surface area is 225 Å². The van der Waals surface area contributed by atoms with Gasteiger partial charge in [0.1, 0.15) is 5.75 Å². The summed E-state index contributed by atoms with van der Waals surface area (Å²) in [5.74, 6) is -4.75. The highest BCUT2D eigenvalue weighted by atomic mass is 16.5. The van der Waals surface area contributed by atoms with E-state index in [9.17, 15) is 29.1 Å². The molecule has 3 aliphatic carbocycles. The quantitative estimate of drug-likeness (QED) is 0.430. The predicted octanol–water partition coefficient (Wildman–Crippen LogP) is 4.46. The average Bonchev–Trinajstić information content (AvgIpc) is 3.20. The molecule has 0 radical (unpaired) electrons. The highest BCUT2D eigenvalue weighted by molar-refractivity contribution is 6.17. The number of aromatic hydroxyl groups is 1. The standard InChI is InChI=1S/C31H29NO7/c1-14-15(2)27(35)31(3)22(26(14)34)13-21-19(9-10-20-24(21)29(37)32(28(20)36)30(38)39-4)25(31)18-11-12-23(33)17-8-6-5-7-16(17)18/h5-9,11-12,20-22,24-25,33H,10,13H2,1-4H3/t20-,21+,22-,24-,25-,31+/m0/s1. The Morgan fingerprint density at radius 2 is 1.67 bits per heavy atom. The first-order valence-electron chi connectivity index (χ1n) is 13.2. The fourth-order valence-electron chi connectivity index (χ4n) is 7.75. The summed E-state index contributed by atoms with van der Waals surface area (Å²) >= 11 is 0. The number of fused-ring (bicyclic) bond motifs is 5. The van der Waals surface area contributed by atoms with Crippen LogP contribution in [0.4, 0.5) is 4.79 Å². The summed E-state index contributed by atoms with van der Waals surface area (Å²) in [6.45, 7) is 5.19. The molecule has 8 nitrogen and oxygen atoms in total. The number of methoxy groups -OCH3 is 1. The molecule has 200 valence electrons. The molecular formula is C31H29NO7. The molecule has 0 spiro atoms. The first kappa shape index (κ1) is 25.2. The zero-order chi connectivity index (χ0) is 28.0. The average molecular weight is 528 g/mol. The van der Waals surface area contributed by atoms with Gasteiger partial charge in [0.2, 0.25) is 11.8 Å². The molecule has 6 rings (SSSR count). The molecule has 1 N–H and O–H groups in total. The van der Waals surface area contributed by atoms with Crippen LogP contribution >= 0.6 is 0 Å². The lowest BCUT2D eigenvalue weighted by Gasteiger charge is -2.54. The van der Waals surface area contributed by atoms with Crippen LogP contribution in [-0.4, -0.2) is 46.6 Å². The molecule has 3 amide bonds. The fourth-order valence-corrected chi connectivity index (χ4v) is 7.75. The maximum absolute atomic E-state index is 14.1. The number of allylic oxidation sites excluding steroid dienone is 4. The smallest absolute Gasteiger partial charge is 0.423 e. The summed E-state index contributed by atoms with van der Waals surface area (Å²) in [5.41, 5.74) is 1.32. The van der Waals surface area contributed by atoms with Gasteiger partial charge in [-0.05, 0) is 60.8 Å². The van der Waals surface area contributed by atoms with Gasteiger partial charge >= 0.3 is 6.09 Å². The minimum atomic E-state index is -1.14. The molecule has 2 fully saturated rings. The van der Waals surface area contributed by atoms with Gasteiger partial charge in [-0.1, -0.05) is 48.9 Å². The van der Waals surface area contributed by atoms with Crippen LogP contribution in [-0.2, 0) is 23.9 Å². The van der Waals surface area contributed by atoms with Crippen molar-refractivity contribution in [1.82, 2.24) is 4.90 Å². The molecule has 1 aliphatic heterocycles. The van der Waals surface area contributed by atoms with Crippen LogP contribution in [0.1, 0.15) is 45.1 Å². The lowest BCUT2D eigenvalue weighted by Crippen LogP contribution is -2.55. The number of benzene rings is 2. The highest BCUT2D eigenvalue weighted by Gasteiger charge is 2.64. The van der Waals surface area contributed by atoms with Gasteiger partial charge in [0.25, 0.3) is 0 Å². The number of hydrogen-bond donors (Lipinski definition) is 1. The Morgan fingerprint density at radius 3 is 2.36 bits per heavy atom. The fraction of sp³-hybridized carbons (Fsp3) is 0.387. The van der Waals surface area contributed by atoms with Crippen LogP contribution in [0.15, 0.2) is 59.2 Å². The molecule has 8 heteroatoms. The van der Waals surface area contributed by atoms with E-state index in [0.29, 0.717) is 21.4 Å². The highest BCUT2D eigenvalue weighted by Crippen LogP contribution is 2.63. The van der Waals surface area contributed by atoms with Crippen LogP contribution < -0.4 is 0 Å². The normalized spacial score (nSPS) is 32.2. The maximum atomic E-state index is 14.1. The lowest BCUT2D eigenvalue weighted by atomic mass is 9.46. The first-order chi connectivity index (χ1) is 18.5. The number of carbonyl (C=O) groups is 5. The number of imide groups is 3. The molecular weight excluding hydrogens is 498 g/mol. The number of Topliss-reactive ketones (excluding diaryl/α,β-unsaturated/α-hetero) is 2. The van der Waals surface area contributed by atoms with Crippen LogP contribution in [0.3, 0.4) is 0 Å². The molecule has 1 saturated carbocycles. The Balaban J connectivity index is 1.61. The van der Waals surface area contributed by atoms with E-state index >= 15 is 0 Å². The Bertz CT molecular complexity index is 1580. The summed E-state index contributed by atoms with van der Waals surface area (Å²) in [7, 11) is 1.12. The molecule has 39 heavy (non-hydrogen) atoms. The number of carbonyl (C=O) groups excluding carboxylic acids is 5. The number of likely N-dealkylation sites (tertiary alicyclic amines) is 1. The Morgan fingerprint density at radius 1 is 0.974 bits per heavy atom. The monoisotopic (exact) mass is 527 g/mol. The second-order valence-electron chi connectivity index (χ2n) is 11.3. The van der Waals surface area contributed by atoms with Gasteiger partial charge in [0.05, 0.1) is 24.4 Å². The van der Waals surface area contributed by atoms with E-state index in [4.69, 9.17) is 4.74 Å². The zero-order valence-corrected chi connectivity index (χ0v) is 22.2. The van der Waals surface area contributed by atoms with Crippen molar-refractivity contribution in [3.05, 3.63) is 64.8 Å². The molecule has 4 aliphatic rings. The van der Waals surface area contributed by atoms with E-state index < -0.39 is 52.9 Å². The number of hydrogen-bond acceptors (Lipinski definition) is 7. The molecule has 0 unspecified atom stereocenters. The van der Waals surface area contributed by atoms with E-state index in [-0.39, 0.29) is 30.2 Å². The molecule has 0 bridgehead atoms.